The van der Waals surface area contributed by atoms with Gasteiger partial charge in [-0.15, -0.1) is 0 Å². The number of hydrogen-bond donors (Lipinski definition) is 1. The van der Waals surface area contributed by atoms with Crippen LogP contribution in [-0.2, 0) is 15.5 Å². The molecule has 0 amide bonds. The maximum absolute atomic E-state index is 13.0. The third-order valence-corrected chi connectivity index (χ3v) is 6.47. The number of benzene rings is 3. The van der Waals surface area contributed by atoms with Crippen LogP contribution in [0.3, 0.4) is 0 Å². The summed E-state index contributed by atoms with van der Waals surface area (Å²) < 4.78 is 31.3. The van der Waals surface area contributed by atoms with Gasteiger partial charge in [-0.3, -0.25) is 0 Å². The van der Waals surface area contributed by atoms with Crippen LogP contribution in [-0.4, -0.2) is 13.5 Å². The second-order valence-corrected chi connectivity index (χ2v) is 11.1. The number of diazo groups is 1. The Morgan fingerprint density at radius 1 is 0.935 bits per heavy atom. The van der Waals surface area contributed by atoms with Crippen LogP contribution < -0.4 is 4.18 Å². The van der Waals surface area contributed by atoms with E-state index in [1.165, 1.54) is 24.3 Å². The number of fused-ring (bicyclic) bond motifs is 1. The zero-order valence-electron chi connectivity index (χ0n) is 18.4. The summed E-state index contributed by atoms with van der Waals surface area (Å²) in [7, 11) is -4.16. The van der Waals surface area contributed by atoms with Crippen molar-refractivity contribution in [3.05, 3.63) is 65.1 Å². The molecule has 0 fully saturated rings. The smallest absolute Gasteiger partial charge is 0.426 e. The van der Waals surface area contributed by atoms with Crippen molar-refractivity contribution in [3.8, 4) is 11.5 Å². The van der Waals surface area contributed by atoms with Gasteiger partial charge in [-0.2, -0.15) is 8.42 Å². The first-order valence-corrected chi connectivity index (χ1v) is 11.4. The van der Waals surface area contributed by atoms with Gasteiger partial charge in [0.2, 0.25) is 11.1 Å². The van der Waals surface area contributed by atoms with Gasteiger partial charge in [0.15, 0.2) is 4.98 Å². The number of phenolic OH excluding ortho intramolecular Hbond substituents is 1. The van der Waals surface area contributed by atoms with Crippen LogP contribution >= 0.6 is 0 Å². The lowest BCUT2D eigenvalue weighted by Crippen LogP contribution is -2.24. The zero-order chi connectivity index (χ0) is 23.0. The first kappa shape index (κ1) is 22.6. The quantitative estimate of drug-likeness (QED) is 0.361. The summed E-state index contributed by atoms with van der Waals surface area (Å²) >= 11 is 0. The Balaban J connectivity index is 1.93. The molecule has 3 aromatic carbocycles. The van der Waals surface area contributed by atoms with Crippen molar-refractivity contribution in [3.63, 3.8) is 0 Å². The van der Waals surface area contributed by atoms with Crippen LogP contribution in [0.15, 0.2) is 59.5 Å². The molecule has 7 heteroatoms. The molecule has 3 rings (SSSR count). The Hall–Kier alpha value is -3.11. The molecule has 0 aliphatic carbocycles. The predicted molar refractivity (Wildman–Crippen MR) is 122 cm³/mol. The normalized spacial score (nSPS) is 12.5. The van der Waals surface area contributed by atoms with E-state index in [0.29, 0.717) is 0 Å². The summed E-state index contributed by atoms with van der Waals surface area (Å²) in [5, 5.41) is 19.7. The van der Waals surface area contributed by atoms with E-state index >= 15 is 0 Å². The summed E-state index contributed by atoms with van der Waals surface area (Å²) in [6.45, 7) is 10.9. The fourth-order valence-corrected chi connectivity index (χ4v) is 5.31. The van der Waals surface area contributed by atoms with Crippen molar-refractivity contribution in [1.82, 2.24) is 0 Å². The van der Waals surface area contributed by atoms with Gasteiger partial charge in [-0.05, 0) is 47.1 Å². The van der Waals surface area contributed by atoms with Crippen LogP contribution in [0.25, 0.3) is 15.7 Å². The van der Waals surface area contributed by atoms with E-state index in [1.807, 2.05) is 12.1 Å². The maximum atomic E-state index is 13.0. The van der Waals surface area contributed by atoms with Gasteiger partial charge in [0.05, 0.1) is 0 Å². The van der Waals surface area contributed by atoms with E-state index < -0.39 is 10.1 Å². The minimum absolute atomic E-state index is 0.0450. The third-order valence-electron chi connectivity index (χ3n) is 5.16. The molecule has 0 aliphatic rings. The van der Waals surface area contributed by atoms with E-state index in [0.717, 1.165) is 12.0 Å². The molecule has 0 atom stereocenters. The van der Waals surface area contributed by atoms with Gasteiger partial charge in [-0.1, -0.05) is 58.9 Å². The average Bonchev–Trinajstić information content (AvgIpc) is 2.66. The van der Waals surface area contributed by atoms with E-state index in [1.54, 1.807) is 18.2 Å². The van der Waals surface area contributed by atoms with Crippen LogP contribution in [0.4, 0.5) is 5.69 Å². The van der Waals surface area contributed by atoms with Crippen molar-refractivity contribution in [2.75, 3.05) is 0 Å². The summed E-state index contributed by atoms with van der Waals surface area (Å²) in [5.41, 5.74) is 1.14. The molecule has 1 N–H and O–H groups in total. The van der Waals surface area contributed by atoms with E-state index in [9.17, 15) is 13.5 Å². The lowest BCUT2D eigenvalue weighted by molar-refractivity contribution is 0.284. The molecule has 0 heterocycles. The Morgan fingerprint density at radius 2 is 1.58 bits per heavy atom. The predicted octanol–water partition coefficient (Wildman–Crippen LogP) is 6.51. The molecule has 0 aromatic heterocycles. The monoisotopic (exact) mass is 439 g/mol. The molecule has 0 saturated carbocycles. The van der Waals surface area contributed by atoms with Gasteiger partial charge in [0.1, 0.15) is 10.6 Å². The lowest BCUT2D eigenvalue weighted by Gasteiger charge is -2.33. The van der Waals surface area contributed by atoms with Crippen molar-refractivity contribution in [1.29, 1.82) is 5.39 Å². The third kappa shape index (κ3) is 4.80. The lowest BCUT2D eigenvalue weighted by atomic mass is 9.72. The first-order chi connectivity index (χ1) is 14.3. The largest absolute Gasteiger partial charge is 0.501 e. The minimum Gasteiger partial charge on any atom is -0.501 e. The van der Waals surface area contributed by atoms with Gasteiger partial charge in [-0.25, -0.2) is 0 Å². The van der Waals surface area contributed by atoms with Crippen molar-refractivity contribution < 1.29 is 17.7 Å². The average molecular weight is 440 g/mol. The standard InChI is InChI=1S/C24H26N2O4S/c1-23(2,3)15-24(4,5)16-9-11-17(12-10-16)30-31(28,29)21-8-6-7-19-18(21)13-14-20(26-25)22(19)27/h6-14H,15H2,1-5H3/p+1. The van der Waals surface area contributed by atoms with Crippen molar-refractivity contribution in [2.24, 2.45) is 5.41 Å². The van der Waals surface area contributed by atoms with Gasteiger partial charge in [0, 0.05) is 16.8 Å². The molecule has 0 bridgehead atoms. The fraction of sp³-hybridized carbons (Fsp3) is 0.333. The highest BCUT2D eigenvalue weighted by molar-refractivity contribution is 7.87. The maximum Gasteiger partial charge on any atom is 0.426 e. The van der Waals surface area contributed by atoms with Crippen molar-refractivity contribution in [2.45, 2.75) is 51.3 Å². The van der Waals surface area contributed by atoms with Gasteiger partial charge in [0.25, 0.3) is 0 Å². The topological polar surface area (TPSA) is 91.8 Å². The summed E-state index contributed by atoms with van der Waals surface area (Å²) in [6.07, 6.45) is 0.972. The molecule has 0 unspecified atom stereocenters. The Labute approximate surface area is 183 Å². The Morgan fingerprint density at radius 3 is 2.16 bits per heavy atom. The number of aromatic hydroxyl groups is 1. The second kappa shape index (κ2) is 7.86. The Bertz CT molecular complexity index is 1270. The molecule has 162 valence electrons. The molecular formula is C24H27N2O4S+. The summed E-state index contributed by atoms with van der Waals surface area (Å²) in [5.74, 6) is -0.0963. The first-order valence-electron chi connectivity index (χ1n) is 9.99. The molecule has 0 spiro atoms. The highest BCUT2D eigenvalue weighted by atomic mass is 32.2. The van der Waals surface area contributed by atoms with E-state index in [2.05, 4.69) is 39.6 Å². The zero-order valence-corrected chi connectivity index (χ0v) is 19.2. The highest BCUT2D eigenvalue weighted by Gasteiger charge is 2.28. The summed E-state index contributed by atoms with van der Waals surface area (Å²) in [6, 6.07) is 14.4. The summed E-state index contributed by atoms with van der Waals surface area (Å²) in [4.78, 5) is 2.92. The molecule has 6 nitrogen and oxygen atoms in total. The molecule has 0 aliphatic heterocycles. The number of hydrogen-bond acceptors (Lipinski definition) is 5. The van der Waals surface area contributed by atoms with E-state index in [4.69, 9.17) is 9.58 Å². The molecular weight excluding hydrogens is 412 g/mol. The van der Waals surface area contributed by atoms with Gasteiger partial charge >= 0.3 is 15.8 Å². The number of rotatable bonds is 5. The molecule has 31 heavy (non-hydrogen) atoms. The van der Waals surface area contributed by atoms with Crippen LogP contribution in [0.5, 0.6) is 11.5 Å². The van der Waals surface area contributed by atoms with Gasteiger partial charge < -0.3 is 9.29 Å². The van der Waals surface area contributed by atoms with Crippen LogP contribution in [0.2, 0.25) is 0 Å². The molecule has 0 saturated heterocycles. The van der Waals surface area contributed by atoms with Crippen LogP contribution in [0.1, 0.15) is 46.6 Å². The van der Waals surface area contributed by atoms with Crippen LogP contribution in [0, 0.1) is 10.8 Å². The number of phenols is 1. The highest BCUT2D eigenvalue weighted by Crippen LogP contribution is 2.39. The van der Waals surface area contributed by atoms with Crippen molar-refractivity contribution >= 4 is 26.6 Å². The molecule has 0 radical (unpaired) electrons. The molecule has 3 aromatic rings. The minimum atomic E-state index is -4.16. The number of nitrogens with zero attached hydrogens (tertiary/aromatic N) is 2. The van der Waals surface area contributed by atoms with E-state index in [-0.39, 0.29) is 43.7 Å². The SMILES string of the molecule is CC(C)(C)CC(C)(C)c1ccc(OS(=O)(=O)c2cccc3c(O)c([N+]#N)ccc23)cc1. The second-order valence-electron chi connectivity index (χ2n) is 9.57. The fourth-order valence-electron chi connectivity index (χ4n) is 4.16. The Kier molecular flexibility index (Phi) is 5.72.